The molecule has 26 heavy (non-hydrogen) atoms. The fourth-order valence-corrected chi connectivity index (χ4v) is 3.54. The lowest BCUT2D eigenvalue weighted by molar-refractivity contribution is 0.371. The fraction of sp³-hybridized carbons (Fsp3) is 0.0909. The second kappa shape index (κ2) is 6.15. The lowest BCUT2D eigenvalue weighted by Crippen LogP contribution is -1.95. The molecule has 4 aromatic carbocycles. The minimum absolute atomic E-state index is 0.0377. The van der Waals surface area contributed by atoms with Crippen LogP contribution in [0, 0.1) is 0 Å². The predicted molar refractivity (Wildman–Crippen MR) is 103 cm³/mol. The van der Waals surface area contributed by atoms with Gasteiger partial charge in [0.1, 0.15) is 0 Å². The molecule has 130 valence electrons. The molecule has 4 heteroatoms. The third kappa shape index (κ3) is 2.30. The van der Waals surface area contributed by atoms with Crippen molar-refractivity contribution in [3.63, 3.8) is 0 Å². The van der Waals surface area contributed by atoms with E-state index in [-0.39, 0.29) is 11.5 Å². The van der Waals surface area contributed by atoms with Crippen LogP contribution in [0.5, 0.6) is 23.0 Å². The molecule has 4 rings (SSSR count). The van der Waals surface area contributed by atoms with E-state index in [0.29, 0.717) is 22.6 Å². The van der Waals surface area contributed by atoms with Gasteiger partial charge in [-0.25, -0.2) is 0 Å². The molecule has 0 bridgehead atoms. The largest absolute Gasteiger partial charge is 0.504 e. The Morgan fingerprint density at radius 2 is 1.00 bits per heavy atom. The standard InChI is InChI=1S/C22H18O4/c1-25-21-17(23)11-13-7-3-5-9-15(13)19(21)20-16-10-6-4-8-14(16)12-18(24)22(20)26-2/h3-12,23-24H,1-2H3. The number of fused-ring (bicyclic) bond motifs is 2. The summed E-state index contributed by atoms with van der Waals surface area (Å²) in [6.45, 7) is 0. The smallest absolute Gasteiger partial charge is 0.169 e. The summed E-state index contributed by atoms with van der Waals surface area (Å²) in [6.07, 6.45) is 0. The van der Waals surface area contributed by atoms with E-state index in [1.54, 1.807) is 12.1 Å². The summed E-state index contributed by atoms with van der Waals surface area (Å²) in [4.78, 5) is 0. The summed E-state index contributed by atoms with van der Waals surface area (Å²) < 4.78 is 11.1. The van der Waals surface area contributed by atoms with Gasteiger partial charge in [-0.15, -0.1) is 0 Å². The molecule has 0 heterocycles. The predicted octanol–water partition coefficient (Wildman–Crippen LogP) is 5.09. The van der Waals surface area contributed by atoms with Crippen molar-refractivity contribution < 1.29 is 19.7 Å². The molecule has 0 spiro atoms. The van der Waals surface area contributed by atoms with E-state index >= 15 is 0 Å². The Kier molecular flexibility index (Phi) is 3.81. The van der Waals surface area contributed by atoms with Crippen LogP contribution in [0.2, 0.25) is 0 Å². The minimum atomic E-state index is 0.0377. The molecule has 2 N–H and O–H groups in total. The number of aromatic hydroxyl groups is 2. The molecule has 0 saturated carbocycles. The SMILES string of the molecule is COc1c(O)cc2ccccc2c1-c1c(OC)c(O)cc2ccccc12. The normalized spacial score (nSPS) is 11.0. The fourth-order valence-electron chi connectivity index (χ4n) is 3.54. The quantitative estimate of drug-likeness (QED) is 0.542. The summed E-state index contributed by atoms with van der Waals surface area (Å²) in [7, 11) is 3.04. The average molecular weight is 346 g/mol. The van der Waals surface area contributed by atoms with Crippen LogP contribution in [0.1, 0.15) is 0 Å². The third-order valence-electron chi connectivity index (χ3n) is 4.62. The zero-order chi connectivity index (χ0) is 18.3. The van der Waals surface area contributed by atoms with Crippen molar-refractivity contribution >= 4 is 21.5 Å². The van der Waals surface area contributed by atoms with Gasteiger partial charge in [0, 0.05) is 11.1 Å². The Balaban J connectivity index is 2.27. The van der Waals surface area contributed by atoms with E-state index in [9.17, 15) is 10.2 Å². The number of hydrogen-bond donors (Lipinski definition) is 2. The number of rotatable bonds is 3. The van der Waals surface area contributed by atoms with Gasteiger partial charge in [-0.3, -0.25) is 0 Å². The highest BCUT2D eigenvalue weighted by atomic mass is 16.5. The van der Waals surface area contributed by atoms with E-state index in [0.717, 1.165) is 21.5 Å². The maximum atomic E-state index is 10.5. The van der Waals surface area contributed by atoms with Crippen LogP contribution in [0.25, 0.3) is 32.7 Å². The first kappa shape index (κ1) is 16.1. The summed E-state index contributed by atoms with van der Waals surface area (Å²) >= 11 is 0. The first-order valence-corrected chi connectivity index (χ1v) is 8.23. The molecular weight excluding hydrogens is 328 g/mol. The molecule has 0 radical (unpaired) electrons. The molecule has 0 unspecified atom stereocenters. The number of methoxy groups -OCH3 is 2. The van der Waals surface area contributed by atoms with Crippen LogP contribution in [-0.4, -0.2) is 24.4 Å². The molecule has 0 aliphatic rings. The Morgan fingerprint density at radius 1 is 0.615 bits per heavy atom. The Labute approximate surface area is 150 Å². The molecule has 4 aromatic rings. The van der Waals surface area contributed by atoms with Gasteiger partial charge in [-0.05, 0) is 33.7 Å². The van der Waals surface area contributed by atoms with Crippen molar-refractivity contribution in [1.82, 2.24) is 0 Å². The minimum Gasteiger partial charge on any atom is -0.504 e. The van der Waals surface area contributed by atoms with Gasteiger partial charge in [0.25, 0.3) is 0 Å². The van der Waals surface area contributed by atoms with Crippen molar-refractivity contribution in [1.29, 1.82) is 0 Å². The molecule has 0 fully saturated rings. The lowest BCUT2D eigenvalue weighted by atomic mass is 9.91. The molecule has 0 aliphatic heterocycles. The number of benzene rings is 4. The maximum Gasteiger partial charge on any atom is 0.169 e. The zero-order valence-corrected chi connectivity index (χ0v) is 14.5. The van der Waals surface area contributed by atoms with E-state index in [4.69, 9.17) is 9.47 Å². The van der Waals surface area contributed by atoms with Crippen molar-refractivity contribution in [2.45, 2.75) is 0 Å². The Morgan fingerprint density at radius 3 is 1.38 bits per heavy atom. The van der Waals surface area contributed by atoms with Crippen molar-refractivity contribution in [2.24, 2.45) is 0 Å². The lowest BCUT2D eigenvalue weighted by Gasteiger charge is -2.19. The number of hydrogen-bond acceptors (Lipinski definition) is 4. The average Bonchev–Trinajstić information content (AvgIpc) is 2.66. The second-order valence-electron chi connectivity index (χ2n) is 6.05. The van der Waals surface area contributed by atoms with Crippen LogP contribution in [-0.2, 0) is 0 Å². The summed E-state index contributed by atoms with van der Waals surface area (Å²) in [5.74, 6) is 0.766. The summed E-state index contributed by atoms with van der Waals surface area (Å²) in [5, 5.41) is 24.6. The van der Waals surface area contributed by atoms with Crippen LogP contribution in [0.3, 0.4) is 0 Å². The van der Waals surface area contributed by atoms with E-state index in [1.165, 1.54) is 14.2 Å². The molecule has 0 atom stereocenters. The first-order chi connectivity index (χ1) is 12.7. The third-order valence-corrected chi connectivity index (χ3v) is 4.62. The maximum absolute atomic E-state index is 10.5. The van der Waals surface area contributed by atoms with Gasteiger partial charge >= 0.3 is 0 Å². The van der Waals surface area contributed by atoms with Gasteiger partial charge < -0.3 is 19.7 Å². The summed E-state index contributed by atoms with van der Waals surface area (Å²) in [6, 6.07) is 18.8. The Hall–Kier alpha value is -3.40. The second-order valence-corrected chi connectivity index (χ2v) is 6.05. The number of phenols is 2. The zero-order valence-electron chi connectivity index (χ0n) is 14.5. The van der Waals surface area contributed by atoms with Crippen LogP contribution >= 0.6 is 0 Å². The molecular formula is C22H18O4. The van der Waals surface area contributed by atoms with E-state index < -0.39 is 0 Å². The van der Waals surface area contributed by atoms with Crippen molar-refractivity contribution in [3.05, 3.63) is 60.7 Å². The van der Waals surface area contributed by atoms with Gasteiger partial charge in [-0.2, -0.15) is 0 Å². The molecule has 4 nitrogen and oxygen atoms in total. The van der Waals surface area contributed by atoms with Crippen LogP contribution in [0.15, 0.2) is 60.7 Å². The molecule has 0 aliphatic carbocycles. The molecule has 0 amide bonds. The van der Waals surface area contributed by atoms with Gasteiger partial charge in [0.05, 0.1) is 14.2 Å². The Bertz CT molecular complexity index is 1040. The molecule has 0 saturated heterocycles. The summed E-state index contributed by atoms with van der Waals surface area (Å²) in [5.41, 5.74) is 1.37. The van der Waals surface area contributed by atoms with Crippen molar-refractivity contribution in [2.75, 3.05) is 14.2 Å². The first-order valence-electron chi connectivity index (χ1n) is 8.23. The van der Waals surface area contributed by atoms with Gasteiger partial charge in [-0.1, -0.05) is 48.5 Å². The number of ether oxygens (including phenoxy) is 2. The topological polar surface area (TPSA) is 58.9 Å². The van der Waals surface area contributed by atoms with E-state index in [1.807, 2.05) is 48.5 Å². The van der Waals surface area contributed by atoms with Gasteiger partial charge in [0.15, 0.2) is 23.0 Å². The van der Waals surface area contributed by atoms with Crippen LogP contribution < -0.4 is 9.47 Å². The number of phenolic OH excluding ortho intramolecular Hbond substituents is 2. The highest BCUT2D eigenvalue weighted by Gasteiger charge is 2.23. The molecule has 0 aromatic heterocycles. The highest BCUT2D eigenvalue weighted by Crippen LogP contribution is 2.51. The monoisotopic (exact) mass is 346 g/mol. The van der Waals surface area contributed by atoms with Crippen molar-refractivity contribution in [3.8, 4) is 34.1 Å². The highest BCUT2D eigenvalue weighted by molar-refractivity contribution is 6.11. The van der Waals surface area contributed by atoms with Crippen LogP contribution in [0.4, 0.5) is 0 Å². The van der Waals surface area contributed by atoms with E-state index in [2.05, 4.69) is 0 Å². The van der Waals surface area contributed by atoms with Gasteiger partial charge in [0.2, 0.25) is 0 Å².